The summed E-state index contributed by atoms with van der Waals surface area (Å²) in [6, 6.07) is 16.2. The molecule has 2 heterocycles. The van der Waals surface area contributed by atoms with Gasteiger partial charge in [-0.05, 0) is 36.6 Å². The molecule has 23 heavy (non-hydrogen) atoms. The Bertz CT molecular complexity index is 877. The minimum atomic E-state index is 0.0919. The van der Waals surface area contributed by atoms with Crippen molar-refractivity contribution in [2.75, 3.05) is 0 Å². The van der Waals surface area contributed by atoms with Gasteiger partial charge < -0.3 is 0 Å². The van der Waals surface area contributed by atoms with E-state index in [1.807, 2.05) is 53.1 Å². The topological polar surface area (TPSA) is 34.9 Å². The van der Waals surface area contributed by atoms with E-state index >= 15 is 0 Å². The Morgan fingerprint density at radius 3 is 2.52 bits per heavy atom. The summed E-state index contributed by atoms with van der Waals surface area (Å²) >= 11 is 0. The summed E-state index contributed by atoms with van der Waals surface area (Å²) < 4.78 is 1.96. The Balaban J connectivity index is 1.99. The number of aromatic nitrogens is 2. The van der Waals surface area contributed by atoms with Gasteiger partial charge in [0.1, 0.15) is 5.65 Å². The van der Waals surface area contributed by atoms with E-state index in [9.17, 15) is 4.79 Å². The van der Waals surface area contributed by atoms with Crippen LogP contribution in [0.4, 0.5) is 0 Å². The Labute approximate surface area is 135 Å². The summed E-state index contributed by atoms with van der Waals surface area (Å²) in [5.74, 6) is 0. The molecule has 1 saturated carbocycles. The monoisotopic (exact) mass is 304 g/mol. The third-order valence-corrected chi connectivity index (χ3v) is 4.82. The summed E-state index contributed by atoms with van der Waals surface area (Å²) in [6.07, 6.45) is 7.59. The number of pyridine rings is 2. The Hall–Kier alpha value is -2.42. The molecule has 1 aliphatic carbocycles. The van der Waals surface area contributed by atoms with E-state index in [-0.39, 0.29) is 11.6 Å². The van der Waals surface area contributed by atoms with Crippen molar-refractivity contribution in [3.8, 4) is 11.1 Å². The number of fused-ring (bicyclic) bond motifs is 1. The van der Waals surface area contributed by atoms with Crippen molar-refractivity contribution in [3.05, 3.63) is 65.1 Å². The predicted octanol–water partition coefficient (Wildman–Crippen LogP) is 4.57. The number of rotatable bonds is 2. The summed E-state index contributed by atoms with van der Waals surface area (Å²) in [6.45, 7) is 0. The van der Waals surface area contributed by atoms with Gasteiger partial charge in [-0.2, -0.15) is 0 Å². The highest BCUT2D eigenvalue weighted by molar-refractivity contribution is 5.81. The van der Waals surface area contributed by atoms with Crippen LogP contribution in [0, 0.1) is 0 Å². The molecule has 3 aromatic rings. The Morgan fingerprint density at radius 2 is 1.74 bits per heavy atom. The normalized spacial score (nSPS) is 15.8. The van der Waals surface area contributed by atoms with Crippen LogP contribution in [0.3, 0.4) is 0 Å². The maximum Gasteiger partial charge on any atom is 0.260 e. The van der Waals surface area contributed by atoms with Crippen LogP contribution in [-0.4, -0.2) is 9.55 Å². The van der Waals surface area contributed by atoms with E-state index in [0.29, 0.717) is 0 Å². The van der Waals surface area contributed by atoms with Crippen LogP contribution in [0.2, 0.25) is 0 Å². The average Bonchev–Trinajstić information content (AvgIpc) is 2.63. The van der Waals surface area contributed by atoms with Gasteiger partial charge in [0.15, 0.2) is 0 Å². The van der Waals surface area contributed by atoms with E-state index in [4.69, 9.17) is 0 Å². The van der Waals surface area contributed by atoms with Crippen molar-refractivity contribution in [1.82, 2.24) is 9.55 Å². The maximum absolute atomic E-state index is 13.2. The number of hydrogen-bond donors (Lipinski definition) is 0. The highest BCUT2D eigenvalue weighted by Gasteiger charge is 2.21. The van der Waals surface area contributed by atoms with Crippen molar-refractivity contribution < 1.29 is 0 Å². The van der Waals surface area contributed by atoms with Gasteiger partial charge in [0, 0.05) is 23.2 Å². The minimum Gasteiger partial charge on any atom is -0.289 e. The van der Waals surface area contributed by atoms with Crippen LogP contribution >= 0.6 is 0 Å². The van der Waals surface area contributed by atoms with E-state index in [1.54, 1.807) is 6.20 Å². The first-order valence-electron chi connectivity index (χ1n) is 8.40. The van der Waals surface area contributed by atoms with Gasteiger partial charge in [0.2, 0.25) is 0 Å². The second kappa shape index (κ2) is 5.99. The van der Waals surface area contributed by atoms with Crippen LogP contribution in [0.5, 0.6) is 0 Å². The fourth-order valence-electron chi connectivity index (χ4n) is 3.67. The molecule has 0 aliphatic heterocycles. The van der Waals surface area contributed by atoms with E-state index in [1.165, 1.54) is 19.3 Å². The lowest BCUT2D eigenvalue weighted by molar-refractivity contribution is 0.353. The summed E-state index contributed by atoms with van der Waals surface area (Å²) in [7, 11) is 0. The van der Waals surface area contributed by atoms with E-state index in [0.717, 1.165) is 35.0 Å². The minimum absolute atomic E-state index is 0.0919. The largest absolute Gasteiger partial charge is 0.289 e. The summed E-state index contributed by atoms with van der Waals surface area (Å²) in [5.41, 5.74) is 2.67. The lowest BCUT2D eigenvalue weighted by Crippen LogP contribution is -2.28. The molecule has 0 radical (unpaired) electrons. The van der Waals surface area contributed by atoms with Crippen molar-refractivity contribution in [1.29, 1.82) is 0 Å². The molecule has 116 valence electrons. The zero-order chi connectivity index (χ0) is 15.6. The van der Waals surface area contributed by atoms with Crippen molar-refractivity contribution in [2.24, 2.45) is 0 Å². The van der Waals surface area contributed by atoms with Crippen LogP contribution < -0.4 is 5.56 Å². The second-order valence-corrected chi connectivity index (χ2v) is 6.31. The van der Waals surface area contributed by atoms with Crippen molar-refractivity contribution >= 4 is 11.0 Å². The first-order valence-corrected chi connectivity index (χ1v) is 8.40. The molecule has 1 fully saturated rings. The molecule has 0 amide bonds. The predicted molar refractivity (Wildman–Crippen MR) is 93.6 cm³/mol. The highest BCUT2D eigenvalue weighted by atomic mass is 16.1. The van der Waals surface area contributed by atoms with Gasteiger partial charge in [-0.1, -0.05) is 49.6 Å². The molecule has 0 saturated heterocycles. The molecule has 0 unspecified atom stereocenters. The van der Waals surface area contributed by atoms with Gasteiger partial charge in [0.25, 0.3) is 5.56 Å². The Kier molecular flexibility index (Phi) is 3.70. The fraction of sp³-hybridized carbons (Fsp3) is 0.300. The van der Waals surface area contributed by atoms with E-state index in [2.05, 4.69) is 4.98 Å². The highest BCUT2D eigenvalue weighted by Crippen LogP contribution is 2.30. The Morgan fingerprint density at radius 1 is 0.957 bits per heavy atom. The smallest absolute Gasteiger partial charge is 0.260 e. The second-order valence-electron chi connectivity index (χ2n) is 6.31. The molecule has 2 aromatic heterocycles. The molecule has 0 atom stereocenters. The van der Waals surface area contributed by atoms with Crippen molar-refractivity contribution in [3.63, 3.8) is 0 Å². The lowest BCUT2D eigenvalue weighted by atomic mass is 9.94. The molecule has 1 aromatic carbocycles. The number of nitrogens with zero attached hydrogens (tertiary/aromatic N) is 2. The van der Waals surface area contributed by atoms with Gasteiger partial charge in [-0.3, -0.25) is 9.36 Å². The first-order chi connectivity index (χ1) is 11.3. The van der Waals surface area contributed by atoms with Crippen molar-refractivity contribution in [2.45, 2.75) is 38.1 Å². The first kappa shape index (κ1) is 14.2. The molecule has 0 bridgehead atoms. The van der Waals surface area contributed by atoms with Crippen LogP contribution in [0.1, 0.15) is 38.1 Å². The van der Waals surface area contributed by atoms with Crippen LogP contribution in [-0.2, 0) is 0 Å². The average molecular weight is 304 g/mol. The summed E-state index contributed by atoms with van der Waals surface area (Å²) in [5, 5.41) is 1.04. The third-order valence-electron chi connectivity index (χ3n) is 4.82. The van der Waals surface area contributed by atoms with Gasteiger partial charge in [0.05, 0.1) is 0 Å². The quantitative estimate of drug-likeness (QED) is 0.695. The molecular weight excluding hydrogens is 284 g/mol. The zero-order valence-corrected chi connectivity index (χ0v) is 13.1. The van der Waals surface area contributed by atoms with Gasteiger partial charge >= 0.3 is 0 Å². The lowest BCUT2D eigenvalue weighted by Gasteiger charge is -2.25. The fourth-order valence-corrected chi connectivity index (χ4v) is 3.67. The molecule has 3 heteroatoms. The van der Waals surface area contributed by atoms with Crippen LogP contribution in [0.25, 0.3) is 22.2 Å². The molecule has 4 rings (SSSR count). The number of benzene rings is 1. The zero-order valence-electron chi connectivity index (χ0n) is 13.1. The molecular formula is C20H20N2O. The summed E-state index contributed by atoms with van der Waals surface area (Å²) in [4.78, 5) is 17.7. The SMILES string of the molecule is O=c1c(-c2ccccc2)cc2cccnc2n1C1CCCCC1. The number of hydrogen-bond acceptors (Lipinski definition) is 2. The van der Waals surface area contributed by atoms with Gasteiger partial charge in [-0.15, -0.1) is 0 Å². The van der Waals surface area contributed by atoms with Gasteiger partial charge in [-0.25, -0.2) is 4.98 Å². The molecule has 0 N–H and O–H groups in total. The molecule has 0 spiro atoms. The maximum atomic E-state index is 13.2. The third kappa shape index (κ3) is 2.56. The molecule has 3 nitrogen and oxygen atoms in total. The van der Waals surface area contributed by atoms with Crippen LogP contribution in [0.15, 0.2) is 59.5 Å². The van der Waals surface area contributed by atoms with E-state index < -0.39 is 0 Å². The molecule has 1 aliphatic rings. The standard InChI is InChI=1S/C20H20N2O/c23-20-18(15-8-3-1-4-9-15)14-16-10-7-13-21-19(16)22(20)17-11-5-2-6-12-17/h1,3-4,7-10,13-14,17H,2,5-6,11-12H2.